The highest BCUT2D eigenvalue weighted by Gasteiger charge is 2.35. The number of nitrogens with two attached hydrogens (primary N) is 1. The lowest BCUT2D eigenvalue weighted by molar-refractivity contribution is -0.0305. The molecule has 1 atom stereocenters. The highest BCUT2D eigenvalue weighted by molar-refractivity contribution is 6.21. The molecule has 0 fully saturated rings. The molecule has 7 heteroatoms. The van der Waals surface area contributed by atoms with Gasteiger partial charge in [0.15, 0.2) is 0 Å². The number of rotatable bonds is 6. The van der Waals surface area contributed by atoms with Gasteiger partial charge in [0.25, 0.3) is 11.8 Å². The number of hydrogen-bond donors (Lipinski definition) is 1. The van der Waals surface area contributed by atoms with Crippen LogP contribution >= 0.6 is 0 Å². The zero-order chi connectivity index (χ0) is 17.9. The zero-order valence-corrected chi connectivity index (χ0v) is 14.1. The Labute approximate surface area is 140 Å². The fourth-order valence-electron chi connectivity index (χ4n) is 2.39. The summed E-state index contributed by atoms with van der Waals surface area (Å²) in [7, 11) is 0. The maximum absolute atomic E-state index is 12.2. The number of nitrogens with zero attached hydrogens (tertiary/aromatic N) is 1. The number of primary amides is 1. The zero-order valence-electron chi connectivity index (χ0n) is 14.1. The first kappa shape index (κ1) is 17.9. The van der Waals surface area contributed by atoms with Gasteiger partial charge in [0.2, 0.25) is 0 Å². The van der Waals surface area contributed by atoms with E-state index in [-0.39, 0.29) is 37.0 Å². The molecule has 1 aromatic rings. The molecule has 0 bridgehead atoms. The second-order valence-electron chi connectivity index (χ2n) is 6.67. The molecule has 2 rings (SSSR count). The minimum Gasteiger partial charge on any atom is -0.443 e. The van der Waals surface area contributed by atoms with Crippen LogP contribution in [-0.4, -0.2) is 48.7 Å². The first-order chi connectivity index (χ1) is 11.2. The van der Waals surface area contributed by atoms with Crippen molar-refractivity contribution in [2.24, 2.45) is 11.1 Å². The monoisotopic (exact) mass is 334 g/mol. The fourth-order valence-corrected chi connectivity index (χ4v) is 2.39. The van der Waals surface area contributed by atoms with Crippen LogP contribution in [0, 0.1) is 5.41 Å². The molecule has 0 aliphatic carbocycles. The van der Waals surface area contributed by atoms with Gasteiger partial charge < -0.3 is 15.2 Å². The molecular weight excluding hydrogens is 312 g/mol. The third kappa shape index (κ3) is 3.91. The van der Waals surface area contributed by atoms with E-state index < -0.39 is 12.2 Å². The van der Waals surface area contributed by atoms with E-state index in [1.54, 1.807) is 24.3 Å². The van der Waals surface area contributed by atoms with Gasteiger partial charge in [0, 0.05) is 5.41 Å². The molecule has 0 saturated heterocycles. The summed E-state index contributed by atoms with van der Waals surface area (Å²) in [6.07, 6.45) is -1.38. The van der Waals surface area contributed by atoms with Crippen molar-refractivity contribution in [3.63, 3.8) is 0 Å². The normalized spacial score (nSPS) is 15.4. The standard InChI is InChI=1S/C17H22N2O5/c1-17(2,3)13(24-16(18)22)10-23-9-8-19-14(20)11-6-4-5-7-12(11)15(19)21/h4-7,13H,8-10H2,1-3H3,(H2,18,22). The van der Waals surface area contributed by atoms with Gasteiger partial charge in [-0.2, -0.15) is 0 Å². The number of carbonyl (C=O) groups excluding carboxylic acids is 3. The van der Waals surface area contributed by atoms with Crippen molar-refractivity contribution in [1.29, 1.82) is 0 Å². The fraction of sp³-hybridized carbons (Fsp3) is 0.471. The first-order valence-electron chi connectivity index (χ1n) is 7.71. The van der Waals surface area contributed by atoms with Crippen molar-refractivity contribution in [2.75, 3.05) is 19.8 Å². The highest BCUT2D eigenvalue weighted by atomic mass is 16.6. The summed E-state index contributed by atoms with van der Waals surface area (Å²) in [5, 5.41) is 0. The summed E-state index contributed by atoms with van der Waals surface area (Å²) < 4.78 is 10.5. The van der Waals surface area contributed by atoms with Crippen molar-refractivity contribution >= 4 is 17.9 Å². The molecule has 0 aromatic heterocycles. The molecule has 130 valence electrons. The summed E-state index contributed by atoms with van der Waals surface area (Å²) in [5.74, 6) is -0.639. The molecular formula is C17H22N2O5. The molecule has 1 aliphatic rings. The molecule has 3 amide bonds. The van der Waals surface area contributed by atoms with Crippen LogP contribution in [0.4, 0.5) is 4.79 Å². The van der Waals surface area contributed by atoms with Crippen LogP contribution in [0.15, 0.2) is 24.3 Å². The van der Waals surface area contributed by atoms with Crippen LogP contribution in [0.5, 0.6) is 0 Å². The van der Waals surface area contributed by atoms with Gasteiger partial charge in [-0.1, -0.05) is 32.9 Å². The Morgan fingerprint density at radius 2 is 1.71 bits per heavy atom. The van der Waals surface area contributed by atoms with Crippen molar-refractivity contribution in [1.82, 2.24) is 4.90 Å². The van der Waals surface area contributed by atoms with Crippen molar-refractivity contribution in [3.8, 4) is 0 Å². The Morgan fingerprint density at radius 3 is 2.17 bits per heavy atom. The van der Waals surface area contributed by atoms with Crippen LogP contribution in [0.3, 0.4) is 0 Å². The smallest absolute Gasteiger partial charge is 0.404 e. The number of carbonyl (C=O) groups is 3. The molecule has 1 heterocycles. The van der Waals surface area contributed by atoms with Crippen molar-refractivity contribution in [3.05, 3.63) is 35.4 Å². The third-order valence-corrected chi connectivity index (χ3v) is 3.83. The lowest BCUT2D eigenvalue weighted by Gasteiger charge is -2.29. The molecule has 24 heavy (non-hydrogen) atoms. The highest BCUT2D eigenvalue weighted by Crippen LogP contribution is 2.24. The number of amides is 3. The van der Waals surface area contributed by atoms with Crippen LogP contribution in [-0.2, 0) is 9.47 Å². The molecule has 0 spiro atoms. The topological polar surface area (TPSA) is 98.9 Å². The maximum Gasteiger partial charge on any atom is 0.404 e. The SMILES string of the molecule is CC(C)(C)C(COCCN1C(=O)c2ccccc2C1=O)OC(N)=O. The third-order valence-electron chi connectivity index (χ3n) is 3.83. The average molecular weight is 334 g/mol. The molecule has 0 radical (unpaired) electrons. The van der Waals surface area contributed by atoms with Crippen molar-refractivity contribution < 1.29 is 23.9 Å². The molecule has 0 saturated carbocycles. The summed E-state index contributed by atoms with van der Waals surface area (Å²) in [6, 6.07) is 6.71. The lowest BCUT2D eigenvalue weighted by Crippen LogP contribution is -2.39. The Morgan fingerprint density at radius 1 is 1.17 bits per heavy atom. The van der Waals surface area contributed by atoms with Crippen LogP contribution in [0.1, 0.15) is 41.5 Å². The van der Waals surface area contributed by atoms with E-state index in [4.69, 9.17) is 15.2 Å². The van der Waals surface area contributed by atoms with Gasteiger partial charge >= 0.3 is 6.09 Å². The summed E-state index contributed by atoms with van der Waals surface area (Å²) in [5.41, 5.74) is 5.54. The predicted molar refractivity (Wildman–Crippen MR) is 86.5 cm³/mol. The predicted octanol–water partition coefficient (Wildman–Crippen LogP) is 1.81. The molecule has 1 aromatic carbocycles. The second kappa shape index (κ2) is 7.00. The Bertz CT molecular complexity index is 616. The number of hydrogen-bond acceptors (Lipinski definition) is 5. The van der Waals surface area contributed by atoms with Crippen LogP contribution in [0.2, 0.25) is 0 Å². The van der Waals surface area contributed by atoms with Gasteiger partial charge in [-0.3, -0.25) is 14.5 Å². The maximum atomic E-state index is 12.2. The van der Waals surface area contributed by atoms with Crippen LogP contribution in [0.25, 0.3) is 0 Å². The van der Waals surface area contributed by atoms with Gasteiger partial charge in [-0.05, 0) is 12.1 Å². The Kier molecular flexibility index (Phi) is 5.23. The van der Waals surface area contributed by atoms with Gasteiger partial charge in [0.1, 0.15) is 6.10 Å². The molecule has 7 nitrogen and oxygen atoms in total. The Balaban J connectivity index is 1.88. The minimum atomic E-state index is -0.862. The van der Waals surface area contributed by atoms with E-state index in [1.165, 1.54) is 0 Å². The summed E-state index contributed by atoms with van der Waals surface area (Å²) >= 11 is 0. The van der Waals surface area contributed by atoms with Crippen LogP contribution < -0.4 is 5.73 Å². The van der Waals surface area contributed by atoms with Gasteiger partial charge in [0.05, 0.1) is 30.9 Å². The average Bonchev–Trinajstić information content (AvgIpc) is 2.74. The molecule has 1 unspecified atom stereocenters. The van der Waals surface area contributed by atoms with E-state index in [0.717, 1.165) is 4.90 Å². The van der Waals surface area contributed by atoms with E-state index in [9.17, 15) is 14.4 Å². The second-order valence-corrected chi connectivity index (χ2v) is 6.67. The summed E-state index contributed by atoms with van der Waals surface area (Å²) in [4.78, 5) is 36.5. The van der Waals surface area contributed by atoms with E-state index in [0.29, 0.717) is 11.1 Å². The van der Waals surface area contributed by atoms with Crippen molar-refractivity contribution in [2.45, 2.75) is 26.9 Å². The van der Waals surface area contributed by atoms with Gasteiger partial charge in [-0.15, -0.1) is 0 Å². The Hall–Kier alpha value is -2.41. The summed E-state index contributed by atoms with van der Waals surface area (Å²) in [6.45, 7) is 6.12. The van der Waals surface area contributed by atoms with E-state index in [1.807, 2.05) is 20.8 Å². The first-order valence-corrected chi connectivity index (χ1v) is 7.71. The van der Waals surface area contributed by atoms with E-state index in [2.05, 4.69) is 0 Å². The minimum absolute atomic E-state index is 0.135. The number of fused-ring (bicyclic) bond motifs is 1. The van der Waals surface area contributed by atoms with E-state index >= 15 is 0 Å². The van der Waals surface area contributed by atoms with Gasteiger partial charge in [-0.25, -0.2) is 4.79 Å². The lowest BCUT2D eigenvalue weighted by atomic mass is 9.89. The quantitative estimate of drug-likeness (QED) is 0.632. The number of ether oxygens (including phenoxy) is 2. The molecule has 2 N–H and O–H groups in total. The number of benzene rings is 1. The molecule has 1 aliphatic heterocycles. The largest absolute Gasteiger partial charge is 0.443 e. The number of imide groups is 1.